The molecule has 0 aliphatic rings. The van der Waals surface area contributed by atoms with Gasteiger partial charge in [-0.2, -0.15) is 5.26 Å². The molecular formula is C10H11N3O. The summed E-state index contributed by atoms with van der Waals surface area (Å²) in [5.74, 6) is -0.227. The second kappa shape index (κ2) is 4.38. The summed E-state index contributed by atoms with van der Waals surface area (Å²) in [6.07, 6.45) is 0. The van der Waals surface area contributed by atoms with E-state index in [9.17, 15) is 4.79 Å². The van der Waals surface area contributed by atoms with Gasteiger partial charge in [0.15, 0.2) is 0 Å². The molecule has 1 aromatic heterocycles. The first-order chi connectivity index (χ1) is 6.65. The number of hydrogen-bond acceptors (Lipinski definition) is 3. The van der Waals surface area contributed by atoms with E-state index in [-0.39, 0.29) is 12.5 Å². The van der Waals surface area contributed by atoms with E-state index < -0.39 is 0 Å². The molecule has 0 aliphatic carbocycles. The number of hydrogen-bond donors (Lipinski definition) is 0. The van der Waals surface area contributed by atoms with Gasteiger partial charge in [-0.1, -0.05) is 6.07 Å². The summed E-state index contributed by atoms with van der Waals surface area (Å²) in [6.45, 7) is 1.90. The number of amides is 1. The number of pyridine rings is 1. The van der Waals surface area contributed by atoms with E-state index in [1.807, 2.05) is 19.1 Å². The van der Waals surface area contributed by atoms with Gasteiger partial charge in [0.1, 0.15) is 12.2 Å². The number of carbonyl (C=O) groups is 1. The number of aromatic nitrogens is 1. The van der Waals surface area contributed by atoms with E-state index in [0.29, 0.717) is 5.69 Å². The zero-order chi connectivity index (χ0) is 10.6. The lowest BCUT2D eigenvalue weighted by atomic mass is 10.3. The molecule has 0 aromatic carbocycles. The van der Waals surface area contributed by atoms with Gasteiger partial charge in [-0.3, -0.25) is 4.79 Å². The molecule has 0 bridgehead atoms. The van der Waals surface area contributed by atoms with Crippen molar-refractivity contribution in [3.05, 3.63) is 29.6 Å². The first-order valence-corrected chi connectivity index (χ1v) is 4.21. The zero-order valence-corrected chi connectivity index (χ0v) is 8.19. The van der Waals surface area contributed by atoms with Gasteiger partial charge in [0, 0.05) is 12.7 Å². The lowest BCUT2D eigenvalue weighted by molar-refractivity contribution is 0.0806. The van der Waals surface area contributed by atoms with Crippen molar-refractivity contribution in [3.8, 4) is 6.07 Å². The van der Waals surface area contributed by atoms with Crippen molar-refractivity contribution in [2.75, 3.05) is 13.6 Å². The Hall–Kier alpha value is -1.89. The molecule has 1 amide bonds. The molecule has 1 aromatic rings. The molecule has 1 heterocycles. The number of carbonyl (C=O) groups excluding carboxylic acids is 1. The second-order valence-corrected chi connectivity index (χ2v) is 2.98. The van der Waals surface area contributed by atoms with Crippen LogP contribution in [-0.4, -0.2) is 29.4 Å². The molecule has 0 aliphatic heterocycles. The Labute approximate surface area is 82.8 Å². The normalized spacial score (nSPS) is 9.21. The molecule has 0 N–H and O–H groups in total. The predicted octanol–water partition coefficient (Wildman–Crippen LogP) is 0.986. The molecule has 0 atom stereocenters. The van der Waals surface area contributed by atoms with Gasteiger partial charge < -0.3 is 4.90 Å². The van der Waals surface area contributed by atoms with Crippen LogP contribution < -0.4 is 0 Å². The van der Waals surface area contributed by atoms with Gasteiger partial charge in [0.2, 0.25) is 0 Å². The molecule has 0 saturated carbocycles. The average molecular weight is 189 g/mol. The number of rotatable bonds is 2. The highest BCUT2D eigenvalue weighted by molar-refractivity contribution is 5.92. The highest BCUT2D eigenvalue weighted by Gasteiger charge is 2.11. The van der Waals surface area contributed by atoms with Crippen LogP contribution in [0.15, 0.2) is 18.2 Å². The molecule has 0 unspecified atom stereocenters. The molecule has 0 fully saturated rings. The lowest BCUT2D eigenvalue weighted by Gasteiger charge is -2.12. The maximum Gasteiger partial charge on any atom is 0.273 e. The van der Waals surface area contributed by atoms with Crippen LogP contribution >= 0.6 is 0 Å². The van der Waals surface area contributed by atoms with Crippen LogP contribution in [0, 0.1) is 18.3 Å². The van der Waals surface area contributed by atoms with Crippen molar-refractivity contribution >= 4 is 5.91 Å². The van der Waals surface area contributed by atoms with Crippen molar-refractivity contribution in [3.63, 3.8) is 0 Å². The van der Waals surface area contributed by atoms with E-state index in [0.717, 1.165) is 5.69 Å². The van der Waals surface area contributed by atoms with Crippen molar-refractivity contribution in [2.24, 2.45) is 0 Å². The van der Waals surface area contributed by atoms with Crippen LogP contribution in [0.3, 0.4) is 0 Å². The monoisotopic (exact) mass is 189 g/mol. The summed E-state index contributed by atoms with van der Waals surface area (Å²) >= 11 is 0. The fourth-order valence-electron chi connectivity index (χ4n) is 1.04. The molecule has 1 rings (SSSR count). The van der Waals surface area contributed by atoms with Crippen molar-refractivity contribution in [1.29, 1.82) is 5.26 Å². The smallest absolute Gasteiger partial charge is 0.273 e. The van der Waals surface area contributed by atoms with E-state index in [4.69, 9.17) is 5.26 Å². The molecule has 0 radical (unpaired) electrons. The number of nitriles is 1. The fourth-order valence-corrected chi connectivity index (χ4v) is 1.04. The Kier molecular flexibility index (Phi) is 3.19. The van der Waals surface area contributed by atoms with Crippen LogP contribution in [0.5, 0.6) is 0 Å². The fraction of sp³-hybridized carbons (Fsp3) is 0.300. The summed E-state index contributed by atoms with van der Waals surface area (Å²) < 4.78 is 0. The van der Waals surface area contributed by atoms with E-state index in [1.54, 1.807) is 19.2 Å². The Morgan fingerprint density at radius 3 is 2.93 bits per heavy atom. The van der Waals surface area contributed by atoms with Crippen molar-refractivity contribution in [1.82, 2.24) is 9.88 Å². The molecule has 4 heteroatoms. The van der Waals surface area contributed by atoms with Crippen LogP contribution in [0.1, 0.15) is 16.2 Å². The lowest BCUT2D eigenvalue weighted by Crippen LogP contribution is -2.27. The highest BCUT2D eigenvalue weighted by atomic mass is 16.2. The maximum atomic E-state index is 11.6. The molecule has 0 saturated heterocycles. The van der Waals surface area contributed by atoms with Crippen LogP contribution in [0.25, 0.3) is 0 Å². The van der Waals surface area contributed by atoms with Gasteiger partial charge in [-0.05, 0) is 19.1 Å². The maximum absolute atomic E-state index is 11.6. The summed E-state index contributed by atoms with van der Waals surface area (Å²) in [5, 5.41) is 8.42. The number of aryl methyl sites for hydroxylation is 1. The SMILES string of the molecule is Cc1cccc(C(=O)N(C)CC#N)n1. The number of nitrogens with zero attached hydrogens (tertiary/aromatic N) is 3. The minimum Gasteiger partial charge on any atom is -0.327 e. The Morgan fingerprint density at radius 2 is 2.36 bits per heavy atom. The summed E-state index contributed by atoms with van der Waals surface area (Å²) in [5.41, 5.74) is 1.17. The van der Waals surface area contributed by atoms with E-state index in [1.165, 1.54) is 4.90 Å². The minimum absolute atomic E-state index is 0.0778. The molecule has 4 nitrogen and oxygen atoms in total. The van der Waals surface area contributed by atoms with Crippen molar-refractivity contribution < 1.29 is 4.79 Å². The minimum atomic E-state index is -0.227. The van der Waals surface area contributed by atoms with Gasteiger partial charge in [-0.15, -0.1) is 0 Å². The van der Waals surface area contributed by atoms with E-state index in [2.05, 4.69) is 4.98 Å². The third-order valence-corrected chi connectivity index (χ3v) is 1.76. The topological polar surface area (TPSA) is 57.0 Å². The van der Waals surface area contributed by atoms with Gasteiger partial charge in [0.05, 0.1) is 6.07 Å². The highest BCUT2D eigenvalue weighted by Crippen LogP contribution is 2.01. The van der Waals surface area contributed by atoms with Gasteiger partial charge in [0.25, 0.3) is 5.91 Å². The predicted molar refractivity (Wildman–Crippen MR) is 51.5 cm³/mol. The van der Waals surface area contributed by atoms with Gasteiger partial charge in [-0.25, -0.2) is 4.98 Å². The summed E-state index contributed by atoms with van der Waals surface area (Å²) in [7, 11) is 1.58. The zero-order valence-electron chi connectivity index (χ0n) is 8.19. The quantitative estimate of drug-likeness (QED) is 0.652. The standard InChI is InChI=1S/C10H11N3O/c1-8-4-3-5-9(12-8)10(14)13(2)7-6-11/h3-5H,7H2,1-2H3. The third-order valence-electron chi connectivity index (χ3n) is 1.76. The second-order valence-electron chi connectivity index (χ2n) is 2.98. The molecule has 14 heavy (non-hydrogen) atoms. The van der Waals surface area contributed by atoms with Gasteiger partial charge >= 0.3 is 0 Å². The summed E-state index contributed by atoms with van der Waals surface area (Å²) in [6, 6.07) is 7.15. The Balaban J connectivity index is 2.85. The average Bonchev–Trinajstić information content (AvgIpc) is 2.17. The van der Waals surface area contributed by atoms with Crippen LogP contribution in [0.2, 0.25) is 0 Å². The first kappa shape index (κ1) is 10.2. The first-order valence-electron chi connectivity index (χ1n) is 4.21. The molecule has 0 spiro atoms. The summed E-state index contributed by atoms with van der Waals surface area (Å²) in [4.78, 5) is 17.0. The van der Waals surface area contributed by atoms with Crippen LogP contribution in [0.4, 0.5) is 0 Å². The largest absolute Gasteiger partial charge is 0.327 e. The Bertz CT molecular complexity index is 381. The Morgan fingerprint density at radius 1 is 1.64 bits per heavy atom. The van der Waals surface area contributed by atoms with Crippen molar-refractivity contribution in [2.45, 2.75) is 6.92 Å². The van der Waals surface area contributed by atoms with Crippen LogP contribution in [-0.2, 0) is 0 Å². The van der Waals surface area contributed by atoms with E-state index >= 15 is 0 Å². The third kappa shape index (κ3) is 2.30. The molecular weight excluding hydrogens is 178 g/mol. The molecule has 72 valence electrons.